The number of benzene rings is 1. The lowest BCUT2D eigenvalue weighted by Crippen LogP contribution is -2.25. The Morgan fingerprint density at radius 1 is 1.05 bits per heavy atom. The van der Waals surface area contributed by atoms with Crippen molar-refractivity contribution in [3.05, 3.63) is 34.3 Å². The van der Waals surface area contributed by atoms with Crippen LogP contribution in [0.3, 0.4) is 0 Å². The number of hydrogen-bond donors (Lipinski definition) is 1. The molecule has 0 radical (unpaired) electrons. The van der Waals surface area contributed by atoms with E-state index in [-0.39, 0.29) is 0 Å². The second kappa shape index (κ2) is 12.2. The Kier molecular flexibility index (Phi) is 10.9. The van der Waals surface area contributed by atoms with E-state index < -0.39 is 0 Å². The molecule has 0 aliphatic heterocycles. The molecule has 1 atom stereocenters. The van der Waals surface area contributed by atoms with Gasteiger partial charge >= 0.3 is 0 Å². The fourth-order valence-corrected chi connectivity index (χ4v) is 3.24. The van der Waals surface area contributed by atoms with Gasteiger partial charge in [-0.25, -0.2) is 0 Å². The first-order valence-electron chi connectivity index (χ1n) is 8.71. The molecule has 1 rings (SSSR count). The van der Waals surface area contributed by atoms with Crippen LogP contribution in [-0.4, -0.2) is 13.1 Å². The molecular weight excluding hydrogens is 322 g/mol. The van der Waals surface area contributed by atoms with Gasteiger partial charge in [0, 0.05) is 4.47 Å². The molecule has 0 spiro atoms. The smallest absolute Gasteiger partial charge is 0.0177 e. The summed E-state index contributed by atoms with van der Waals surface area (Å²) in [6, 6.07) is 8.79. The van der Waals surface area contributed by atoms with Crippen molar-refractivity contribution in [3.63, 3.8) is 0 Å². The normalized spacial score (nSPS) is 12.5. The van der Waals surface area contributed by atoms with Gasteiger partial charge in [-0.3, -0.25) is 0 Å². The van der Waals surface area contributed by atoms with E-state index in [1.54, 1.807) is 0 Å². The molecule has 120 valence electrons. The van der Waals surface area contributed by atoms with Crippen molar-refractivity contribution in [2.75, 3.05) is 13.1 Å². The van der Waals surface area contributed by atoms with E-state index in [1.165, 1.54) is 61.4 Å². The molecule has 0 amide bonds. The second-order valence-electron chi connectivity index (χ2n) is 6.11. The molecule has 21 heavy (non-hydrogen) atoms. The SMILES string of the molecule is CCCCCCCC(CNCCC)Cc1cccc(Br)c1. The number of hydrogen-bond acceptors (Lipinski definition) is 1. The zero-order valence-electron chi connectivity index (χ0n) is 13.8. The largest absolute Gasteiger partial charge is 0.316 e. The Morgan fingerprint density at radius 2 is 1.86 bits per heavy atom. The van der Waals surface area contributed by atoms with E-state index >= 15 is 0 Å². The van der Waals surface area contributed by atoms with Gasteiger partial charge in [-0.2, -0.15) is 0 Å². The van der Waals surface area contributed by atoms with Crippen LogP contribution < -0.4 is 5.32 Å². The van der Waals surface area contributed by atoms with Crippen LogP contribution in [0.2, 0.25) is 0 Å². The summed E-state index contributed by atoms with van der Waals surface area (Å²) in [6.07, 6.45) is 10.7. The topological polar surface area (TPSA) is 12.0 Å². The van der Waals surface area contributed by atoms with Gasteiger partial charge in [-0.15, -0.1) is 0 Å². The lowest BCUT2D eigenvalue weighted by Gasteiger charge is -2.18. The maximum atomic E-state index is 3.61. The van der Waals surface area contributed by atoms with Gasteiger partial charge in [0.1, 0.15) is 0 Å². The van der Waals surface area contributed by atoms with E-state index in [4.69, 9.17) is 0 Å². The van der Waals surface area contributed by atoms with Crippen molar-refractivity contribution in [1.82, 2.24) is 5.32 Å². The Morgan fingerprint density at radius 3 is 2.57 bits per heavy atom. The first kappa shape index (κ1) is 18.7. The molecule has 1 aromatic carbocycles. The summed E-state index contributed by atoms with van der Waals surface area (Å²) in [7, 11) is 0. The predicted octanol–water partition coefficient (Wildman–Crippen LogP) is 5.97. The van der Waals surface area contributed by atoms with E-state index in [0.29, 0.717) is 0 Å². The molecule has 0 saturated carbocycles. The monoisotopic (exact) mass is 353 g/mol. The van der Waals surface area contributed by atoms with E-state index in [2.05, 4.69) is 59.4 Å². The minimum absolute atomic E-state index is 0.771. The molecule has 1 unspecified atom stereocenters. The van der Waals surface area contributed by atoms with E-state index in [1.807, 2.05) is 0 Å². The van der Waals surface area contributed by atoms with Crippen LogP contribution in [0.25, 0.3) is 0 Å². The van der Waals surface area contributed by atoms with Gasteiger partial charge < -0.3 is 5.32 Å². The Hall–Kier alpha value is -0.340. The summed E-state index contributed by atoms with van der Waals surface area (Å²) in [5, 5.41) is 3.61. The van der Waals surface area contributed by atoms with Crippen molar-refractivity contribution < 1.29 is 0 Å². The van der Waals surface area contributed by atoms with Gasteiger partial charge in [-0.1, -0.05) is 74.0 Å². The average Bonchev–Trinajstić information content (AvgIpc) is 2.47. The lowest BCUT2D eigenvalue weighted by atomic mass is 9.93. The molecule has 1 aromatic rings. The van der Waals surface area contributed by atoms with Crippen LogP contribution in [0.15, 0.2) is 28.7 Å². The van der Waals surface area contributed by atoms with Crippen molar-refractivity contribution >= 4 is 15.9 Å². The summed E-state index contributed by atoms with van der Waals surface area (Å²) in [4.78, 5) is 0. The van der Waals surface area contributed by atoms with Crippen LogP contribution in [0, 0.1) is 5.92 Å². The highest BCUT2D eigenvalue weighted by Gasteiger charge is 2.09. The Labute approximate surface area is 140 Å². The van der Waals surface area contributed by atoms with E-state index in [9.17, 15) is 0 Å². The van der Waals surface area contributed by atoms with Gasteiger partial charge in [0.2, 0.25) is 0 Å². The molecule has 0 aliphatic carbocycles. The van der Waals surface area contributed by atoms with Crippen LogP contribution >= 0.6 is 15.9 Å². The van der Waals surface area contributed by atoms with Gasteiger partial charge in [-0.05, 0) is 56.0 Å². The number of unbranched alkanes of at least 4 members (excludes halogenated alkanes) is 4. The molecule has 0 bridgehead atoms. The summed E-state index contributed by atoms with van der Waals surface area (Å²) in [6.45, 7) is 6.82. The maximum absolute atomic E-state index is 3.61. The lowest BCUT2D eigenvalue weighted by molar-refractivity contribution is 0.420. The summed E-state index contributed by atoms with van der Waals surface area (Å²) < 4.78 is 1.20. The minimum Gasteiger partial charge on any atom is -0.316 e. The fourth-order valence-electron chi connectivity index (χ4n) is 2.79. The molecule has 0 aromatic heterocycles. The Bertz CT molecular complexity index is 364. The molecule has 0 heterocycles. The number of halogens is 1. The average molecular weight is 354 g/mol. The third kappa shape index (κ3) is 9.31. The third-order valence-corrected chi connectivity index (χ3v) is 4.48. The van der Waals surface area contributed by atoms with Crippen molar-refractivity contribution in [2.45, 2.75) is 65.2 Å². The zero-order valence-corrected chi connectivity index (χ0v) is 15.4. The highest BCUT2D eigenvalue weighted by Crippen LogP contribution is 2.19. The quantitative estimate of drug-likeness (QED) is 0.456. The number of nitrogens with one attached hydrogen (secondary N) is 1. The van der Waals surface area contributed by atoms with Gasteiger partial charge in [0.05, 0.1) is 0 Å². The van der Waals surface area contributed by atoms with Crippen molar-refractivity contribution in [3.8, 4) is 0 Å². The van der Waals surface area contributed by atoms with Crippen LogP contribution in [0.5, 0.6) is 0 Å². The maximum Gasteiger partial charge on any atom is 0.0177 e. The summed E-state index contributed by atoms with van der Waals surface area (Å²) in [5.74, 6) is 0.771. The van der Waals surface area contributed by atoms with E-state index in [0.717, 1.165) is 19.0 Å². The molecule has 2 heteroatoms. The highest BCUT2D eigenvalue weighted by atomic mass is 79.9. The molecule has 0 fully saturated rings. The molecule has 0 aliphatic rings. The fraction of sp³-hybridized carbons (Fsp3) is 0.684. The summed E-state index contributed by atoms with van der Waals surface area (Å²) in [5.41, 5.74) is 1.46. The predicted molar refractivity (Wildman–Crippen MR) is 97.9 cm³/mol. The minimum atomic E-state index is 0.771. The molecule has 1 N–H and O–H groups in total. The first-order valence-corrected chi connectivity index (χ1v) is 9.50. The first-order chi connectivity index (χ1) is 10.3. The standard InChI is InChI=1S/C19H32BrN/c1-3-5-6-7-8-10-18(16-21-13-4-2)14-17-11-9-12-19(20)15-17/h9,11-12,15,18,21H,3-8,10,13-14,16H2,1-2H3. The Balaban J connectivity index is 2.39. The second-order valence-corrected chi connectivity index (χ2v) is 7.02. The van der Waals surface area contributed by atoms with Crippen LogP contribution in [-0.2, 0) is 6.42 Å². The molecule has 0 saturated heterocycles. The van der Waals surface area contributed by atoms with Crippen molar-refractivity contribution in [1.29, 1.82) is 0 Å². The zero-order chi connectivity index (χ0) is 15.3. The van der Waals surface area contributed by atoms with Gasteiger partial charge in [0.15, 0.2) is 0 Å². The van der Waals surface area contributed by atoms with Crippen LogP contribution in [0.4, 0.5) is 0 Å². The third-order valence-electron chi connectivity index (χ3n) is 3.99. The summed E-state index contributed by atoms with van der Waals surface area (Å²) >= 11 is 3.58. The van der Waals surface area contributed by atoms with Crippen LogP contribution in [0.1, 0.15) is 64.4 Å². The van der Waals surface area contributed by atoms with Gasteiger partial charge in [0.25, 0.3) is 0 Å². The number of rotatable bonds is 12. The van der Waals surface area contributed by atoms with Crippen molar-refractivity contribution in [2.24, 2.45) is 5.92 Å². The highest BCUT2D eigenvalue weighted by molar-refractivity contribution is 9.10. The molecular formula is C19H32BrN. The molecule has 1 nitrogen and oxygen atoms in total.